The molecule has 1 unspecified atom stereocenters. The summed E-state index contributed by atoms with van der Waals surface area (Å²) in [4.78, 5) is 49.8. The summed E-state index contributed by atoms with van der Waals surface area (Å²) < 4.78 is 3.95. The van der Waals surface area contributed by atoms with Gasteiger partial charge in [0.15, 0.2) is 11.4 Å². The molecule has 1 saturated heterocycles. The van der Waals surface area contributed by atoms with Crippen LogP contribution in [0.2, 0.25) is 5.02 Å². The van der Waals surface area contributed by atoms with Crippen molar-refractivity contribution in [3.05, 3.63) is 76.2 Å². The second-order valence-corrected chi connectivity index (χ2v) is 10.8. The van der Waals surface area contributed by atoms with Gasteiger partial charge >= 0.3 is 0 Å². The van der Waals surface area contributed by atoms with Crippen LogP contribution in [0.5, 0.6) is 0 Å². The Balaban J connectivity index is 1.34. The number of pyridine rings is 2. The molecular formula is C28H23BrClN7O3. The molecule has 1 aromatic carbocycles. The van der Waals surface area contributed by atoms with Crippen molar-refractivity contribution in [1.82, 2.24) is 29.0 Å². The SMILES string of the molecule is CC(=O)c1nn(CC(=O)N2CCCC2C(=O)Nc2cccc(Br)n2)c2c1ccn1cc(-c3cccc(Cl)c3)nc21. The molecule has 0 saturated carbocycles. The first kappa shape index (κ1) is 26.1. The molecule has 5 heterocycles. The number of carbonyl (C=O) groups excluding carboxylic acids is 3. The van der Waals surface area contributed by atoms with Crippen LogP contribution in [0.25, 0.3) is 27.8 Å². The highest BCUT2D eigenvalue weighted by molar-refractivity contribution is 9.10. The number of amides is 2. The fourth-order valence-electron chi connectivity index (χ4n) is 5.11. The lowest BCUT2D eigenvalue weighted by atomic mass is 10.2. The number of Topliss-reactive ketones (excluding diaryl/α,β-unsaturated/α-hetero) is 1. The van der Waals surface area contributed by atoms with E-state index in [1.54, 1.807) is 35.2 Å². The smallest absolute Gasteiger partial charge is 0.248 e. The number of halogens is 2. The first-order valence-electron chi connectivity index (χ1n) is 12.7. The Bertz CT molecular complexity index is 1810. The number of carbonyl (C=O) groups is 3. The number of nitrogens with zero attached hydrogens (tertiary/aromatic N) is 6. The lowest BCUT2D eigenvalue weighted by molar-refractivity contribution is -0.137. The Hall–Kier alpha value is -4.09. The number of aromatic nitrogens is 5. The van der Waals surface area contributed by atoms with Gasteiger partial charge in [-0.05, 0) is 59.1 Å². The van der Waals surface area contributed by atoms with E-state index in [0.29, 0.717) is 57.1 Å². The van der Waals surface area contributed by atoms with Crippen molar-refractivity contribution < 1.29 is 14.4 Å². The predicted molar refractivity (Wildman–Crippen MR) is 154 cm³/mol. The normalized spacial score (nSPS) is 15.2. The summed E-state index contributed by atoms with van der Waals surface area (Å²) in [5, 5.41) is 8.52. The highest BCUT2D eigenvalue weighted by Gasteiger charge is 2.35. The van der Waals surface area contributed by atoms with E-state index in [-0.39, 0.29) is 29.8 Å². The zero-order chi connectivity index (χ0) is 28.0. The van der Waals surface area contributed by atoms with Gasteiger partial charge in [0, 0.05) is 41.8 Å². The third kappa shape index (κ3) is 4.86. The van der Waals surface area contributed by atoms with E-state index in [1.165, 1.54) is 11.6 Å². The molecule has 0 spiro atoms. The van der Waals surface area contributed by atoms with Crippen molar-refractivity contribution in [2.45, 2.75) is 32.4 Å². The summed E-state index contributed by atoms with van der Waals surface area (Å²) >= 11 is 9.50. The zero-order valence-electron chi connectivity index (χ0n) is 21.3. The number of imidazole rings is 1. The number of ketones is 1. The predicted octanol–water partition coefficient (Wildman–Crippen LogP) is 4.99. The van der Waals surface area contributed by atoms with Gasteiger partial charge in [-0.1, -0.05) is 29.8 Å². The Morgan fingerprint density at radius 2 is 1.95 bits per heavy atom. The maximum absolute atomic E-state index is 13.6. The average Bonchev–Trinajstić information content (AvgIpc) is 3.65. The van der Waals surface area contributed by atoms with Crippen molar-refractivity contribution in [1.29, 1.82) is 0 Å². The fourth-order valence-corrected chi connectivity index (χ4v) is 5.65. The van der Waals surface area contributed by atoms with E-state index in [4.69, 9.17) is 16.6 Å². The minimum absolute atomic E-state index is 0.151. The molecule has 40 heavy (non-hydrogen) atoms. The summed E-state index contributed by atoms with van der Waals surface area (Å²) in [7, 11) is 0. The Morgan fingerprint density at radius 1 is 1.12 bits per heavy atom. The minimum atomic E-state index is -0.636. The average molecular weight is 621 g/mol. The van der Waals surface area contributed by atoms with Crippen LogP contribution >= 0.6 is 27.5 Å². The second kappa shape index (κ2) is 10.5. The van der Waals surface area contributed by atoms with Gasteiger partial charge in [-0.3, -0.25) is 19.1 Å². The molecule has 0 bridgehead atoms. The van der Waals surface area contributed by atoms with E-state index in [1.807, 2.05) is 35.0 Å². The lowest BCUT2D eigenvalue weighted by Gasteiger charge is -2.24. The van der Waals surface area contributed by atoms with Crippen molar-refractivity contribution in [3.8, 4) is 11.3 Å². The van der Waals surface area contributed by atoms with E-state index in [2.05, 4.69) is 31.3 Å². The summed E-state index contributed by atoms with van der Waals surface area (Å²) in [5.41, 5.74) is 2.90. The quantitative estimate of drug-likeness (QED) is 0.211. The van der Waals surface area contributed by atoms with Crippen LogP contribution in [-0.4, -0.2) is 59.2 Å². The highest BCUT2D eigenvalue weighted by Crippen LogP contribution is 2.29. The number of likely N-dealkylation sites (tertiary alicyclic amines) is 1. The van der Waals surface area contributed by atoms with Gasteiger partial charge in [-0.2, -0.15) is 5.10 Å². The molecule has 10 nitrogen and oxygen atoms in total. The molecule has 5 aromatic rings. The molecule has 4 aromatic heterocycles. The lowest BCUT2D eigenvalue weighted by Crippen LogP contribution is -2.44. The van der Waals surface area contributed by atoms with E-state index in [9.17, 15) is 14.4 Å². The van der Waals surface area contributed by atoms with E-state index in [0.717, 1.165) is 5.56 Å². The topological polar surface area (TPSA) is 114 Å². The van der Waals surface area contributed by atoms with Crippen LogP contribution < -0.4 is 5.32 Å². The van der Waals surface area contributed by atoms with Crippen LogP contribution in [0.3, 0.4) is 0 Å². The van der Waals surface area contributed by atoms with Crippen molar-refractivity contribution in [3.63, 3.8) is 0 Å². The maximum Gasteiger partial charge on any atom is 0.248 e. The molecule has 1 atom stereocenters. The molecule has 1 aliphatic heterocycles. The van der Waals surface area contributed by atoms with Crippen molar-refractivity contribution in [2.75, 3.05) is 11.9 Å². The van der Waals surface area contributed by atoms with Gasteiger partial charge in [-0.25, -0.2) is 9.97 Å². The standard InChI is InChI=1S/C28H23BrClN7O3/c1-16(38)25-19-10-12-35-14-20(17-5-2-6-18(30)13-17)31-27(35)26(19)37(34-25)15-24(39)36-11-4-7-21(36)28(40)33-23-9-3-8-22(29)32-23/h2-3,5-6,8-10,12-14,21H,4,7,11,15H2,1H3,(H,32,33,40). The molecule has 2 amide bonds. The number of benzene rings is 1. The Labute approximate surface area is 242 Å². The second-order valence-electron chi connectivity index (χ2n) is 9.59. The van der Waals surface area contributed by atoms with Crippen LogP contribution in [0.4, 0.5) is 5.82 Å². The Morgan fingerprint density at radius 3 is 2.73 bits per heavy atom. The van der Waals surface area contributed by atoms with Gasteiger partial charge < -0.3 is 14.6 Å². The number of hydrogen-bond acceptors (Lipinski definition) is 6. The number of fused-ring (bicyclic) bond motifs is 3. The van der Waals surface area contributed by atoms with Crippen LogP contribution in [0.15, 0.2) is 65.5 Å². The molecule has 1 fully saturated rings. The molecular weight excluding hydrogens is 598 g/mol. The van der Waals surface area contributed by atoms with Gasteiger partial charge in [0.1, 0.15) is 34.2 Å². The summed E-state index contributed by atoms with van der Waals surface area (Å²) in [6.45, 7) is 1.74. The maximum atomic E-state index is 13.6. The molecule has 0 radical (unpaired) electrons. The van der Waals surface area contributed by atoms with Crippen LogP contribution in [-0.2, 0) is 16.1 Å². The number of rotatable bonds is 6. The van der Waals surface area contributed by atoms with E-state index >= 15 is 0 Å². The van der Waals surface area contributed by atoms with Gasteiger partial charge in [0.05, 0.1) is 5.69 Å². The molecule has 202 valence electrons. The molecule has 1 N–H and O–H groups in total. The number of nitrogens with one attached hydrogen (secondary N) is 1. The Kier molecular flexibility index (Phi) is 6.85. The summed E-state index contributed by atoms with van der Waals surface area (Å²) in [6, 6.07) is 13.8. The highest BCUT2D eigenvalue weighted by atomic mass is 79.9. The number of anilines is 1. The fraction of sp³-hybridized carbons (Fsp3) is 0.214. The van der Waals surface area contributed by atoms with Gasteiger partial charge in [0.25, 0.3) is 0 Å². The molecule has 12 heteroatoms. The minimum Gasteiger partial charge on any atom is -0.329 e. The third-order valence-corrected chi connectivity index (χ3v) is 7.59. The van der Waals surface area contributed by atoms with Crippen LogP contribution in [0, 0.1) is 0 Å². The van der Waals surface area contributed by atoms with Crippen molar-refractivity contribution in [2.24, 2.45) is 0 Å². The largest absolute Gasteiger partial charge is 0.329 e. The first-order chi connectivity index (χ1) is 19.3. The summed E-state index contributed by atoms with van der Waals surface area (Å²) in [6.07, 6.45) is 4.92. The monoisotopic (exact) mass is 619 g/mol. The van der Waals surface area contributed by atoms with E-state index < -0.39 is 6.04 Å². The molecule has 1 aliphatic rings. The molecule has 6 rings (SSSR count). The first-order valence-corrected chi connectivity index (χ1v) is 13.8. The van der Waals surface area contributed by atoms with Gasteiger partial charge in [0.2, 0.25) is 11.8 Å². The zero-order valence-corrected chi connectivity index (χ0v) is 23.7. The third-order valence-electron chi connectivity index (χ3n) is 6.92. The van der Waals surface area contributed by atoms with Crippen molar-refractivity contribution >= 4 is 67.5 Å². The molecule has 0 aliphatic carbocycles. The van der Waals surface area contributed by atoms with Crippen LogP contribution in [0.1, 0.15) is 30.3 Å². The summed E-state index contributed by atoms with van der Waals surface area (Å²) in [5.74, 6) is -0.391. The van der Waals surface area contributed by atoms with Gasteiger partial charge in [-0.15, -0.1) is 0 Å². The number of hydrogen-bond donors (Lipinski definition) is 1.